The summed E-state index contributed by atoms with van der Waals surface area (Å²) in [6.45, 7) is 2.21. The molecule has 2 aromatic rings. The van der Waals surface area contributed by atoms with Crippen LogP contribution in [-0.4, -0.2) is 18.7 Å². The lowest BCUT2D eigenvalue weighted by Gasteiger charge is -2.16. The van der Waals surface area contributed by atoms with Gasteiger partial charge in [0, 0.05) is 12.6 Å². The molecule has 0 aliphatic heterocycles. The number of urea groups is 1. The third-order valence-corrected chi connectivity index (χ3v) is 3.06. The van der Waals surface area contributed by atoms with Crippen LogP contribution in [0.3, 0.4) is 0 Å². The van der Waals surface area contributed by atoms with Crippen molar-refractivity contribution in [1.29, 1.82) is 0 Å². The van der Waals surface area contributed by atoms with Gasteiger partial charge in [0.05, 0.1) is 6.04 Å². The van der Waals surface area contributed by atoms with Crippen molar-refractivity contribution in [3.8, 4) is 5.75 Å². The molecule has 2 N–H and O–H groups in total. The van der Waals surface area contributed by atoms with E-state index in [1.54, 1.807) is 6.92 Å². The van der Waals surface area contributed by atoms with Gasteiger partial charge in [-0.2, -0.15) is 0 Å². The fourth-order valence-corrected chi connectivity index (χ4v) is 1.90. The minimum Gasteiger partial charge on any atom is -0.488 e. The SMILES string of the molecule is CC(COc1ccc(F)cc1F)NC(=O)NCc1ccccc1. The van der Waals surface area contributed by atoms with Crippen LogP contribution in [0.15, 0.2) is 48.5 Å². The quantitative estimate of drug-likeness (QED) is 0.858. The fourth-order valence-electron chi connectivity index (χ4n) is 1.90. The molecule has 122 valence electrons. The number of benzene rings is 2. The molecular weight excluding hydrogens is 302 g/mol. The minimum absolute atomic E-state index is 0.0512. The van der Waals surface area contributed by atoms with Crippen LogP contribution in [-0.2, 0) is 6.54 Å². The first-order chi connectivity index (χ1) is 11.0. The first kappa shape index (κ1) is 16.7. The van der Waals surface area contributed by atoms with Crippen molar-refractivity contribution >= 4 is 6.03 Å². The van der Waals surface area contributed by atoms with Gasteiger partial charge in [0.15, 0.2) is 11.6 Å². The number of halogens is 2. The Bertz CT molecular complexity index is 650. The molecule has 0 aliphatic rings. The van der Waals surface area contributed by atoms with Gasteiger partial charge in [-0.05, 0) is 24.6 Å². The third-order valence-electron chi connectivity index (χ3n) is 3.06. The highest BCUT2D eigenvalue weighted by atomic mass is 19.1. The predicted octanol–water partition coefficient (Wildman–Crippen LogP) is 3.23. The lowest BCUT2D eigenvalue weighted by Crippen LogP contribution is -2.43. The second-order valence-electron chi connectivity index (χ2n) is 5.10. The van der Waals surface area contributed by atoms with Crippen molar-refractivity contribution < 1.29 is 18.3 Å². The standard InChI is InChI=1S/C17H18F2N2O2/c1-12(11-23-16-8-7-14(18)9-15(16)19)21-17(22)20-10-13-5-3-2-4-6-13/h2-9,12H,10-11H2,1H3,(H2,20,21,22). The van der Waals surface area contributed by atoms with E-state index in [1.165, 1.54) is 6.07 Å². The van der Waals surface area contributed by atoms with E-state index in [-0.39, 0.29) is 24.4 Å². The first-order valence-electron chi connectivity index (χ1n) is 7.20. The Morgan fingerprint density at radius 3 is 2.61 bits per heavy atom. The highest BCUT2D eigenvalue weighted by Crippen LogP contribution is 2.17. The molecule has 0 saturated heterocycles. The summed E-state index contributed by atoms with van der Waals surface area (Å²) in [6, 6.07) is 11.9. The van der Waals surface area contributed by atoms with E-state index >= 15 is 0 Å². The van der Waals surface area contributed by atoms with Crippen molar-refractivity contribution in [3.63, 3.8) is 0 Å². The summed E-state index contributed by atoms with van der Waals surface area (Å²) in [5.41, 5.74) is 0.986. The van der Waals surface area contributed by atoms with Gasteiger partial charge in [0.2, 0.25) is 0 Å². The summed E-state index contributed by atoms with van der Waals surface area (Å²) in [7, 11) is 0. The molecule has 1 unspecified atom stereocenters. The van der Waals surface area contributed by atoms with Crippen LogP contribution < -0.4 is 15.4 Å². The number of hydrogen-bond donors (Lipinski definition) is 2. The van der Waals surface area contributed by atoms with Crippen molar-refractivity contribution in [1.82, 2.24) is 10.6 Å². The monoisotopic (exact) mass is 320 g/mol. The van der Waals surface area contributed by atoms with E-state index in [1.807, 2.05) is 30.3 Å². The molecule has 0 aromatic heterocycles. The molecule has 4 nitrogen and oxygen atoms in total. The normalized spacial score (nSPS) is 11.6. The smallest absolute Gasteiger partial charge is 0.315 e. The Hall–Kier alpha value is -2.63. The Kier molecular flexibility index (Phi) is 5.91. The van der Waals surface area contributed by atoms with E-state index < -0.39 is 11.6 Å². The highest BCUT2D eigenvalue weighted by molar-refractivity contribution is 5.74. The average molecular weight is 320 g/mol. The van der Waals surface area contributed by atoms with Gasteiger partial charge in [-0.1, -0.05) is 30.3 Å². The van der Waals surface area contributed by atoms with Crippen LogP contribution in [0, 0.1) is 11.6 Å². The zero-order chi connectivity index (χ0) is 16.7. The minimum atomic E-state index is -0.772. The van der Waals surface area contributed by atoms with Crippen LogP contribution in [0.25, 0.3) is 0 Å². The maximum absolute atomic E-state index is 13.4. The van der Waals surface area contributed by atoms with Crippen molar-refractivity contribution in [2.24, 2.45) is 0 Å². The Labute approximate surface area is 133 Å². The molecule has 0 heterocycles. The van der Waals surface area contributed by atoms with E-state index in [0.717, 1.165) is 17.7 Å². The Balaban J connectivity index is 1.73. The zero-order valence-electron chi connectivity index (χ0n) is 12.7. The van der Waals surface area contributed by atoms with Gasteiger partial charge in [0.1, 0.15) is 12.4 Å². The molecular formula is C17H18F2N2O2. The summed E-state index contributed by atoms with van der Waals surface area (Å²) in [5, 5.41) is 5.40. The molecule has 0 aliphatic carbocycles. The van der Waals surface area contributed by atoms with Crippen LogP contribution in [0.2, 0.25) is 0 Å². The van der Waals surface area contributed by atoms with Crippen molar-refractivity contribution in [2.75, 3.05) is 6.61 Å². The van der Waals surface area contributed by atoms with Gasteiger partial charge in [-0.25, -0.2) is 13.6 Å². The third kappa shape index (κ3) is 5.58. The van der Waals surface area contributed by atoms with E-state index in [0.29, 0.717) is 6.54 Å². The van der Waals surface area contributed by atoms with E-state index in [4.69, 9.17) is 4.74 Å². The van der Waals surface area contributed by atoms with E-state index in [9.17, 15) is 13.6 Å². The number of carbonyl (C=O) groups excluding carboxylic acids is 1. The van der Waals surface area contributed by atoms with Crippen LogP contribution in [0.5, 0.6) is 5.75 Å². The molecule has 2 rings (SSSR count). The summed E-state index contributed by atoms with van der Waals surface area (Å²) >= 11 is 0. The maximum Gasteiger partial charge on any atom is 0.315 e. The van der Waals surface area contributed by atoms with Crippen LogP contribution in [0.4, 0.5) is 13.6 Å². The number of ether oxygens (including phenoxy) is 1. The summed E-state index contributed by atoms with van der Waals surface area (Å²) < 4.78 is 31.4. The number of hydrogen-bond acceptors (Lipinski definition) is 2. The topological polar surface area (TPSA) is 50.4 Å². The summed E-state index contributed by atoms with van der Waals surface area (Å²) in [4.78, 5) is 11.7. The molecule has 0 bridgehead atoms. The van der Waals surface area contributed by atoms with Crippen LogP contribution in [0.1, 0.15) is 12.5 Å². The number of nitrogens with one attached hydrogen (secondary N) is 2. The fraction of sp³-hybridized carbons (Fsp3) is 0.235. The molecule has 0 saturated carbocycles. The highest BCUT2D eigenvalue weighted by Gasteiger charge is 2.10. The molecule has 23 heavy (non-hydrogen) atoms. The van der Waals surface area contributed by atoms with Gasteiger partial charge >= 0.3 is 6.03 Å². The Morgan fingerprint density at radius 1 is 1.17 bits per heavy atom. The molecule has 6 heteroatoms. The number of carbonyl (C=O) groups is 1. The molecule has 2 amide bonds. The molecule has 0 fully saturated rings. The Morgan fingerprint density at radius 2 is 1.91 bits per heavy atom. The maximum atomic E-state index is 13.4. The van der Waals surface area contributed by atoms with Crippen molar-refractivity contribution in [3.05, 3.63) is 65.7 Å². The molecule has 2 aromatic carbocycles. The van der Waals surface area contributed by atoms with Crippen molar-refractivity contribution in [2.45, 2.75) is 19.5 Å². The van der Waals surface area contributed by atoms with Gasteiger partial charge in [-0.3, -0.25) is 0 Å². The second kappa shape index (κ2) is 8.12. The molecule has 0 radical (unpaired) electrons. The van der Waals surface area contributed by atoms with Gasteiger partial charge < -0.3 is 15.4 Å². The summed E-state index contributed by atoms with van der Waals surface area (Å²) in [6.07, 6.45) is 0. The average Bonchev–Trinajstić information content (AvgIpc) is 2.53. The molecule has 1 atom stereocenters. The number of amides is 2. The lowest BCUT2D eigenvalue weighted by molar-refractivity contribution is 0.224. The predicted molar refractivity (Wildman–Crippen MR) is 83.1 cm³/mol. The zero-order valence-corrected chi connectivity index (χ0v) is 12.7. The first-order valence-corrected chi connectivity index (χ1v) is 7.20. The second-order valence-corrected chi connectivity index (χ2v) is 5.10. The van der Waals surface area contributed by atoms with Gasteiger partial charge in [-0.15, -0.1) is 0 Å². The summed E-state index contributed by atoms with van der Waals surface area (Å²) in [5.74, 6) is -1.49. The van der Waals surface area contributed by atoms with Gasteiger partial charge in [0.25, 0.3) is 0 Å². The largest absolute Gasteiger partial charge is 0.488 e. The lowest BCUT2D eigenvalue weighted by atomic mass is 10.2. The van der Waals surface area contributed by atoms with Crippen LogP contribution >= 0.6 is 0 Å². The van der Waals surface area contributed by atoms with E-state index in [2.05, 4.69) is 10.6 Å². The molecule has 0 spiro atoms. The number of rotatable bonds is 6.